The van der Waals surface area contributed by atoms with Crippen LogP contribution in [0.15, 0.2) is 41.3 Å². The van der Waals surface area contributed by atoms with E-state index >= 15 is 0 Å². The second kappa shape index (κ2) is 6.72. The monoisotopic (exact) mass is 362 g/mol. The van der Waals surface area contributed by atoms with E-state index in [0.29, 0.717) is 19.6 Å². The van der Waals surface area contributed by atoms with Crippen molar-refractivity contribution in [2.24, 2.45) is 0 Å². The number of nitrogens with zero attached hydrogens (tertiary/aromatic N) is 1. The fourth-order valence-corrected chi connectivity index (χ4v) is 3.75. The molecular weight excluding hydrogens is 344 g/mol. The molecular formula is C17H18N2O5S. The molecule has 25 heavy (non-hydrogen) atoms. The number of fused-ring (bicyclic) bond motifs is 1. The van der Waals surface area contributed by atoms with Crippen LogP contribution in [0.1, 0.15) is 11.1 Å². The average molecular weight is 362 g/mol. The molecule has 1 aliphatic rings. The minimum Gasteiger partial charge on any atom is -0.493 e. The number of rotatable bonds is 6. The van der Waals surface area contributed by atoms with Gasteiger partial charge in [0.05, 0.1) is 11.5 Å². The fourth-order valence-electron chi connectivity index (χ4n) is 2.89. The molecule has 0 atom stereocenters. The molecule has 132 valence electrons. The van der Waals surface area contributed by atoms with Crippen molar-refractivity contribution in [3.05, 3.63) is 57.6 Å². The zero-order chi connectivity index (χ0) is 18.0. The first-order valence-electron chi connectivity index (χ1n) is 7.82. The fraction of sp³-hybridized carbons (Fsp3) is 0.294. The maximum atomic E-state index is 11.8. The molecule has 0 fully saturated rings. The van der Waals surface area contributed by atoms with E-state index in [4.69, 9.17) is 4.74 Å². The Kier molecular flexibility index (Phi) is 4.63. The molecule has 0 saturated heterocycles. The van der Waals surface area contributed by atoms with Crippen molar-refractivity contribution in [1.29, 1.82) is 0 Å². The first kappa shape index (κ1) is 17.2. The molecule has 1 N–H and O–H groups in total. The third-order valence-corrected chi connectivity index (χ3v) is 5.19. The van der Waals surface area contributed by atoms with E-state index in [2.05, 4.69) is 11.4 Å². The summed E-state index contributed by atoms with van der Waals surface area (Å²) in [4.78, 5) is 10.4. The molecule has 0 aliphatic carbocycles. The van der Waals surface area contributed by atoms with E-state index in [-0.39, 0.29) is 10.6 Å². The second-order valence-corrected chi connectivity index (χ2v) is 7.88. The molecule has 0 amide bonds. The lowest BCUT2D eigenvalue weighted by atomic mass is 10.1. The zero-order valence-electron chi connectivity index (χ0n) is 13.7. The predicted octanol–water partition coefficient (Wildman–Crippen LogP) is 2.59. The van der Waals surface area contributed by atoms with Crippen LogP contribution in [0.25, 0.3) is 0 Å². The second-order valence-electron chi connectivity index (χ2n) is 5.90. The lowest BCUT2D eigenvalue weighted by Gasteiger charge is -2.10. The zero-order valence-corrected chi connectivity index (χ0v) is 14.5. The molecule has 7 nitrogen and oxygen atoms in total. The Labute approximate surface area is 145 Å². The van der Waals surface area contributed by atoms with Crippen molar-refractivity contribution >= 4 is 21.2 Å². The number of ether oxygens (including phenoxy) is 1. The standard InChI is InChI=1S/C17H18N2O5S/c1-25(22,23)16-4-2-3-14(17(16)19(20)21)18-9-7-12-5-6-15-13(11-12)8-10-24-15/h2-6,11,18H,7-10H2,1H3. The molecule has 1 aliphatic heterocycles. The van der Waals surface area contributed by atoms with Crippen molar-refractivity contribution in [1.82, 2.24) is 0 Å². The number of sulfone groups is 1. The SMILES string of the molecule is CS(=O)(=O)c1cccc(NCCc2ccc3c(c2)CCO3)c1[N+](=O)[O-]. The molecule has 1 heterocycles. The van der Waals surface area contributed by atoms with Crippen LogP contribution in [0, 0.1) is 10.1 Å². The Bertz CT molecular complexity index is 925. The molecule has 0 bridgehead atoms. The Balaban J connectivity index is 1.76. The Morgan fingerprint density at radius 1 is 1.28 bits per heavy atom. The third kappa shape index (κ3) is 3.74. The molecule has 0 aromatic heterocycles. The van der Waals surface area contributed by atoms with E-state index in [1.165, 1.54) is 23.8 Å². The van der Waals surface area contributed by atoms with Gasteiger partial charge in [0.15, 0.2) is 9.84 Å². The van der Waals surface area contributed by atoms with Crippen molar-refractivity contribution in [2.75, 3.05) is 24.7 Å². The van der Waals surface area contributed by atoms with Crippen LogP contribution in [0.2, 0.25) is 0 Å². The number of para-hydroxylation sites is 1. The Hall–Kier alpha value is -2.61. The molecule has 0 spiro atoms. The summed E-state index contributed by atoms with van der Waals surface area (Å²) < 4.78 is 29.0. The molecule has 2 aromatic rings. The summed E-state index contributed by atoms with van der Waals surface area (Å²) in [5, 5.41) is 14.3. The van der Waals surface area contributed by atoms with Crippen LogP contribution in [0.5, 0.6) is 5.75 Å². The molecule has 3 rings (SSSR count). The first-order chi connectivity index (χ1) is 11.9. The smallest absolute Gasteiger partial charge is 0.310 e. The lowest BCUT2D eigenvalue weighted by molar-refractivity contribution is -0.386. The average Bonchev–Trinajstić information content (AvgIpc) is 3.01. The van der Waals surface area contributed by atoms with E-state index in [0.717, 1.165) is 24.0 Å². The quantitative estimate of drug-likeness (QED) is 0.626. The maximum Gasteiger partial charge on any atom is 0.310 e. The van der Waals surface area contributed by atoms with Gasteiger partial charge in [0.25, 0.3) is 0 Å². The summed E-state index contributed by atoms with van der Waals surface area (Å²) in [7, 11) is -3.68. The Morgan fingerprint density at radius 2 is 2.08 bits per heavy atom. The van der Waals surface area contributed by atoms with Gasteiger partial charge < -0.3 is 10.1 Å². The number of hydrogen-bond acceptors (Lipinski definition) is 6. The molecule has 0 saturated carbocycles. The van der Waals surface area contributed by atoms with Gasteiger partial charge in [0.1, 0.15) is 16.3 Å². The van der Waals surface area contributed by atoms with Crippen LogP contribution in [-0.4, -0.2) is 32.7 Å². The summed E-state index contributed by atoms with van der Waals surface area (Å²) in [6, 6.07) is 10.2. The highest BCUT2D eigenvalue weighted by atomic mass is 32.2. The highest BCUT2D eigenvalue weighted by Gasteiger charge is 2.25. The van der Waals surface area contributed by atoms with Gasteiger partial charge in [-0.15, -0.1) is 0 Å². The van der Waals surface area contributed by atoms with Crippen LogP contribution in [-0.2, 0) is 22.7 Å². The van der Waals surface area contributed by atoms with Gasteiger partial charge in [-0.05, 0) is 35.7 Å². The van der Waals surface area contributed by atoms with Crippen molar-refractivity contribution in [3.8, 4) is 5.75 Å². The number of nitro groups is 1. The number of hydrogen-bond donors (Lipinski definition) is 1. The van der Waals surface area contributed by atoms with E-state index in [1.807, 2.05) is 12.1 Å². The highest BCUT2D eigenvalue weighted by Crippen LogP contribution is 2.32. The van der Waals surface area contributed by atoms with Crippen molar-refractivity contribution < 1.29 is 18.1 Å². The minimum atomic E-state index is -3.68. The van der Waals surface area contributed by atoms with Gasteiger partial charge in [0, 0.05) is 19.2 Å². The summed E-state index contributed by atoms with van der Waals surface area (Å²) >= 11 is 0. The van der Waals surface area contributed by atoms with Crippen LogP contribution in [0.3, 0.4) is 0 Å². The van der Waals surface area contributed by atoms with Gasteiger partial charge in [-0.2, -0.15) is 0 Å². The molecule has 2 aromatic carbocycles. The van der Waals surface area contributed by atoms with Gasteiger partial charge in [-0.1, -0.05) is 18.2 Å². The van der Waals surface area contributed by atoms with Crippen LogP contribution < -0.4 is 10.1 Å². The van der Waals surface area contributed by atoms with E-state index in [1.54, 1.807) is 0 Å². The normalized spacial score (nSPS) is 13.2. The minimum absolute atomic E-state index is 0.206. The summed E-state index contributed by atoms with van der Waals surface area (Å²) in [5.41, 5.74) is 2.06. The van der Waals surface area contributed by atoms with Crippen LogP contribution in [0.4, 0.5) is 11.4 Å². The third-order valence-electron chi connectivity index (χ3n) is 4.06. The predicted molar refractivity (Wildman–Crippen MR) is 94.0 cm³/mol. The molecule has 0 radical (unpaired) electrons. The summed E-state index contributed by atoms with van der Waals surface area (Å²) in [6.45, 7) is 1.15. The molecule has 0 unspecified atom stereocenters. The van der Waals surface area contributed by atoms with Crippen molar-refractivity contribution in [3.63, 3.8) is 0 Å². The lowest BCUT2D eigenvalue weighted by Crippen LogP contribution is -2.10. The summed E-state index contributed by atoms with van der Waals surface area (Å²) in [6.07, 6.45) is 2.51. The highest BCUT2D eigenvalue weighted by molar-refractivity contribution is 7.90. The van der Waals surface area contributed by atoms with E-state index in [9.17, 15) is 18.5 Å². The Morgan fingerprint density at radius 3 is 2.80 bits per heavy atom. The van der Waals surface area contributed by atoms with Crippen LogP contribution >= 0.6 is 0 Å². The van der Waals surface area contributed by atoms with Gasteiger partial charge >= 0.3 is 5.69 Å². The van der Waals surface area contributed by atoms with Gasteiger partial charge in [0.2, 0.25) is 0 Å². The number of nitrogens with one attached hydrogen (secondary N) is 1. The maximum absolute atomic E-state index is 11.8. The largest absolute Gasteiger partial charge is 0.493 e. The number of benzene rings is 2. The number of nitro benzene ring substituents is 1. The number of anilines is 1. The van der Waals surface area contributed by atoms with Gasteiger partial charge in [-0.25, -0.2) is 8.42 Å². The first-order valence-corrected chi connectivity index (χ1v) is 9.71. The summed E-state index contributed by atoms with van der Waals surface area (Å²) in [5.74, 6) is 0.910. The van der Waals surface area contributed by atoms with Crippen molar-refractivity contribution in [2.45, 2.75) is 17.7 Å². The van der Waals surface area contributed by atoms with Gasteiger partial charge in [-0.3, -0.25) is 10.1 Å². The topological polar surface area (TPSA) is 98.5 Å². The van der Waals surface area contributed by atoms with E-state index < -0.39 is 20.4 Å². The molecule has 8 heteroatoms.